The van der Waals surface area contributed by atoms with Gasteiger partial charge in [-0.1, -0.05) is 6.07 Å². The van der Waals surface area contributed by atoms with Crippen molar-refractivity contribution in [3.63, 3.8) is 0 Å². The Bertz CT molecular complexity index is 643. The second kappa shape index (κ2) is 6.47. The van der Waals surface area contributed by atoms with Crippen molar-refractivity contribution in [1.29, 1.82) is 0 Å². The molecule has 1 amide bonds. The van der Waals surface area contributed by atoms with Gasteiger partial charge in [0.1, 0.15) is 23.5 Å². The van der Waals surface area contributed by atoms with Crippen LogP contribution in [0.2, 0.25) is 0 Å². The second-order valence-corrected chi connectivity index (χ2v) is 4.76. The third-order valence-corrected chi connectivity index (χ3v) is 3.44. The first-order valence-electron chi connectivity index (χ1n) is 6.96. The highest BCUT2D eigenvalue weighted by molar-refractivity contribution is 5.91. The van der Waals surface area contributed by atoms with Gasteiger partial charge in [0.25, 0.3) is 0 Å². The number of aromatic nitrogens is 2. The van der Waals surface area contributed by atoms with Crippen molar-refractivity contribution >= 4 is 22.6 Å². The maximum atomic E-state index is 13.7. The molecule has 0 saturated heterocycles. The number of amides is 1. The van der Waals surface area contributed by atoms with Crippen molar-refractivity contribution in [1.82, 2.24) is 14.9 Å². The van der Waals surface area contributed by atoms with Gasteiger partial charge in [-0.05, 0) is 26.0 Å². The molecule has 112 valence electrons. The molecule has 0 radical (unpaired) electrons. The van der Waals surface area contributed by atoms with Crippen LogP contribution in [-0.4, -0.2) is 47.5 Å². The van der Waals surface area contributed by atoms with Gasteiger partial charge in [-0.2, -0.15) is 0 Å². The first-order chi connectivity index (χ1) is 10.1. The first kappa shape index (κ1) is 15.2. The Morgan fingerprint density at radius 3 is 2.62 bits per heavy atom. The number of rotatable bonds is 5. The standard InChI is InChI=1S/C15H19FN4O/c1-4-20(5-2)13(21)9-19(3)15-11-7-6-8-12(16)14(11)17-10-18-15/h6-8,10H,4-5,9H2,1-3H3. The van der Waals surface area contributed by atoms with Crippen molar-refractivity contribution in [2.75, 3.05) is 31.6 Å². The first-order valence-corrected chi connectivity index (χ1v) is 6.96. The van der Waals surface area contributed by atoms with Crippen molar-refractivity contribution in [3.8, 4) is 0 Å². The van der Waals surface area contributed by atoms with E-state index in [-0.39, 0.29) is 23.8 Å². The van der Waals surface area contributed by atoms with E-state index in [0.29, 0.717) is 24.3 Å². The number of anilines is 1. The number of hydrogen-bond donors (Lipinski definition) is 0. The number of fused-ring (bicyclic) bond motifs is 1. The van der Waals surface area contributed by atoms with Gasteiger partial charge in [-0.15, -0.1) is 0 Å². The van der Waals surface area contributed by atoms with Crippen LogP contribution in [0.25, 0.3) is 10.9 Å². The molecule has 1 aromatic carbocycles. The summed E-state index contributed by atoms with van der Waals surface area (Å²) < 4.78 is 13.7. The van der Waals surface area contributed by atoms with Crippen LogP contribution >= 0.6 is 0 Å². The van der Waals surface area contributed by atoms with Crippen LogP contribution in [-0.2, 0) is 4.79 Å². The van der Waals surface area contributed by atoms with Crippen LogP contribution < -0.4 is 4.90 Å². The summed E-state index contributed by atoms with van der Waals surface area (Å²) in [6, 6.07) is 4.73. The van der Waals surface area contributed by atoms with Crippen molar-refractivity contribution < 1.29 is 9.18 Å². The SMILES string of the molecule is CCN(CC)C(=O)CN(C)c1ncnc2c(F)cccc12. The van der Waals surface area contributed by atoms with Gasteiger partial charge in [-0.25, -0.2) is 14.4 Å². The zero-order valence-corrected chi connectivity index (χ0v) is 12.5. The summed E-state index contributed by atoms with van der Waals surface area (Å²) in [5.41, 5.74) is 0.268. The minimum absolute atomic E-state index is 0.0191. The van der Waals surface area contributed by atoms with E-state index in [9.17, 15) is 9.18 Å². The molecule has 0 bridgehead atoms. The van der Waals surface area contributed by atoms with Crippen LogP contribution in [0.1, 0.15) is 13.8 Å². The molecule has 21 heavy (non-hydrogen) atoms. The van der Waals surface area contributed by atoms with E-state index in [1.165, 1.54) is 12.4 Å². The minimum Gasteiger partial charge on any atom is -0.350 e. The fourth-order valence-electron chi connectivity index (χ4n) is 2.30. The molecule has 0 saturated carbocycles. The molecule has 0 N–H and O–H groups in total. The van der Waals surface area contributed by atoms with Crippen LogP contribution in [0, 0.1) is 5.82 Å². The van der Waals surface area contributed by atoms with Crippen LogP contribution in [0.5, 0.6) is 0 Å². The van der Waals surface area contributed by atoms with Crippen LogP contribution in [0.15, 0.2) is 24.5 Å². The highest BCUT2D eigenvalue weighted by Gasteiger charge is 2.16. The predicted octanol–water partition coefficient (Wildman–Crippen LogP) is 2.07. The number of carbonyl (C=O) groups excluding carboxylic acids is 1. The molecule has 0 aliphatic heterocycles. The summed E-state index contributed by atoms with van der Waals surface area (Å²) in [5.74, 6) is 0.185. The molecule has 6 heteroatoms. The summed E-state index contributed by atoms with van der Waals surface area (Å²) in [7, 11) is 1.77. The Hall–Kier alpha value is -2.24. The number of halogens is 1. The molecule has 0 atom stereocenters. The Kier molecular flexibility index (Phi) is 4.67. The summed E-state index contributed by atoms with van der Waals surface area (Å²) >= 11 is 0. The van der Waals surface area contributed by atoms with Crippen LogP contribution in [0.3, 0.4) is 0 Å². The van der Waals surface area contributed by atoms with Gasteiger partial charge in [-0.3, -0.25) is 4.79 Å². The predicted molar refractivity (Wildman–Crippen MR) is 80.7 cm³/mol. The lowest BCUT2D eigenvalue weighted by Crippen LogP contribution is -2.39. The Morgan fingerprint density at radius 1 is 1.24 bits per heavy atom. The van der Waals surface area contributed by atoms with E-state index in [2.05, 4.69) is 9.97 Å². The molecule has 2 aromatic rings. The fourth-order valence-corrected chi connectivity index (χ4v) is 2.30. The summed E-state index contributed by atoms with van der Waals surface area (Å²) in [4.78, 5) is 23.8. The molecule has 0 aliphatic carbocycles. The van der Waals surface area contributed by atoms with E-state index in [0.717, 1.165) is 0 Å². The normalized spacial score (nSPS) is 10.7. The molecule has 0 spiro atoms. The maximum Gasteiger partial charge on any atom is 0.242 e. The summed E-state index contributed by atoms with van der Waals surface area (Å²) in [6.07, 6.45) is 1.32. The molecular weight excluding hydrogens is 271 g/mol. The number of nitrogens with zero attached hydrogens (tertiary/aromatic N) is 4. The second-order valence-electron chi connectivity index (χ2n) is 4.76. The van der Waals surface area contributed by atoms with Gasteiger partial charge in [0.15, 0.2) is 0 Å². The number of benzene rings is 1. The minimum atomic E-state index is -0.389. The van der Waals surface area contributed by atoms with Gasteiger partial charge in [0.05, 0.1) is 6.54 Å². The third-order valence-electron chi connectivity index (χ3n) is 3.44. The molecule has 2 rings (SSSR count). The number of para-hydroxylation sites is 1. The van der Waals surface area contributed by atoms with Crippen LogP contribution in [0.4, 0.5) is 10.2 Å². The monoisotopic (exact) mass is 290 g/mol. The smallest absolute Gasteiger partial charge is 0.242 e. The fraction of sp³-hybridized carbons (Fsp3) is 0.400. The topological polar surface area (TPSA) is 49.3 Å². The Balaban J connectivity index is 2.30. The summed E-state index contributed by atoms with van der Waals surface area (Å²) in [6.45, 7) is 5.42. The van der Waals surface area contributed by atoms with Crippen molar-refractivity contribution in [2.45, 2.75) is 13.8 Å². The molecular formula is C15H19FN4O. The van der Waals surface area contributed by atoms with E-state index in [4.69, 9.17) is 0 Å². The zero-order valence-electron chi connectivity index (χ0n) is 12.5. The van der Waals surface area contributed by atoms with Gasteiger partial charge in [0.2, 0.25) is 5.91 Å². The van der Waals surface area contributed by atoms with E-state index >= 15 is 0 Å². The number of likely N-dealkylation sites (N-methyl/N-ethyl adjacent to an activating group) is 2. The van der Waals surface area contributed by atoms with E-state index < -0.39 is 0 Å². The Labute approximate surface area is 123 Å². The molecule has 1 heterocycles. The highest BCUT2D eigenvalue weighted by Crippen LogP contribution is 2.23. The van der Waals surface area contributed by atoms with Crippen molar-refractivity contribution in [2.24, 2.45) is 0 Å². The molecule has 5 nitrogen and oxygen atoms in total. The molecule has 0 fully saturated rings. The quantitative estimate of drug-likeness (QED) is 0.846. The largest absolute Gasteiger partial charge is 0.350 e. The molecule has 1 aromatic heterocycles. The molecule has 0 unspecified atom stereocenters. The third kappa shape index (κ3) is 3.09. The lowest BCUT2D eigenvalue weighted by Gasteiger charge is -2.24. The van der Waals surface area contributed by atoms with Gasteiger partial charge >= 0.3 is 0 Å². The molecule has 0 aliphatic rings. The van der Waals surface area contributed by atoms with Gasteiger partial charge in [0, 0.05) is 25.5 Å². The maximum absolute atomic E-state index is 13.7. The van der Waals surface area contributed by atoms with Crippen molar-refractivity contribution in [3.05, 3.63) is 30.3 Å². The van der Waals surface area contributed by atoms with E-state index in [1.54, 1.807) is 29.0 Å². The lowest BCUT2D eigenvalue weighted by atomic mass is 10.2. The highest BCUT2D eigenvalue weighted by atomic mass is 19.1. The zero-order chi connectivity index (χ0) is 15.4. The average Bonchev–Trinajstić information content (AvgIpc) is 2.48. The number of hydrogen-bond acceptors (Lipinski definition) is 4. The summed E-state index contributed by atoms with van der Waals surface area (Å²) in [5, 5.41) is 0.604. The average molecular weight is 290 g/mol. The lowest BCUT2D eigenvalue weighted by molar-refractivity contribution is -0.129. The number of carbonyl (C=O) groups is 1. The van der Waals surface area contributed by atoms with Gasteiger partial charge < -0.3 is 9.80 Å². The van der Waals surface area contributed by atoms with E-state index in [1.807, 2.05) is 13.8 Å². The Morgan fingerprint density at radius 2 is 1.95 bits per heavy atom.